The zero-order valence-corrected chi connectivity index (χ0v) is 20.1. The molecule has 2 N–H and O–H groups in total. The number of hydrogen-bond acceptors (Lipinski definition) is 6. The van der Waals surface area contributed by atoms with Crippen LogP contribution in [0.5, 0.6) is 5.75 Å². The highest BCUT2D eigenvalue weighted by Crippen LogP contribution is 2.31. The van der Waals surface area contributed by atoms with Gasteiger partial charge >= 0.3 is 0 Å². The average molecular weight is 495 g/mol. The van der Waals surface area contributed by atoms with Gasteiger partial charge in [0.2, 0.25) is 11.8 Å². The molecule has 3 unspecified atom stereocenters. The van der Waals surface area contributed by atoms with Gasteiger partial charge < -0.3 is 15.0 Å². The van der Waals surface area contributed by atoms with Gasteiger partial charge in [-0.1, -0.05) is 30.3 Å². The van der Waals surface area contributed by atoms with Gasteiger partial charge in [0, 0.05) is 50.7 Å². The molecule has 2 aromatic rings. The summed E-state index contributed by atoms with van der Waals surface area (Å²) in [4.78, 5) is 40.7. The van der Waals surface area contributed by atoms with E-state index in [0.29, 0.717) is 30.8 Å². The molecule has 3 aliphatic rings. The molecule has 0 spiro atoms. The molecule has 36 heavy (non-hydrogen) atoms. The Bertz CT molecular complexity index is 1130. The van der Waals surface area contributed by atoms with Gasteiger partial charge in [-0.25, -0.2) is 4.39 Å². The Morgan fingerprint density at radius 3 is 2.69 bits per heavy atom. The van der Waals surface area contributed by atoms with E-state index < -0.39 is 18.6 Å². The van der Waals surface area contributed by atoms with Gasteiger partial charge in [0.05, 0.1) is 0 Å². The van der Waals surface area contributed by atoms with E-state index in [4.69, 9.17) is 4.74 Å². The molecular weight excluding hydrogens is 463 g/mol. The van der Waals surface area contributed by atoms with Crippen LogP contribution in [-0.2, 0) is 22.7 Å². The van der Waals surface area contributed by atoms with Crippen LogP contribution in [0.3, 0.4) is 0 Å². The van der Waals surface area contributed by atoms with Gasteiger partial charge in [-0.2, -0.15) is 0 Å². The van der Waals surface area contributed by atoms with Crippen molar-refractivity contribution in [1.29, 1.82) is 0 Å². The minimum Gasteiger partial charge on any atom is -0.487 e. The number of nitrogens with zero attached hydrogens (tertiary/aromatic N) is 2. The third-order valence-corrected chi connectivity index (χ3v) is 7.18. The van der Waals surface area contributed by atoms with E-state index in [1.165, 1.54) is 10.5 Å². The molecule has 3 aliphatic heterocycles. The highest BCUT2D eigenvalue weighted by molar-refractivity contribution is 6.05. The molecule has 2 saturated heterocycles. The van der Waals surface area contributed by atoms with Crippen LogP contribution in [0, 0.1) is 0 Å². The molecule has 5 rings (SSSR count). The third kappa shape index (κ3) is 5.27. The number of halogens is 1. The van der Waals surface area contributed by atoms with E-state index in [2.05, 4.69) is 27.7 Å². The second-order valence-corrected chi connectivity index (χ2v) is 9.63. The topological polar surface area (TPSA) is 91.0 Å². The maximum absolute atomic E-state index is 13.0. The summed E-state index contributed by atoms with van der Waals surface area (Å²) in [5, 5.41) is 5.61. The number of imide groups is 1. The summed E-state index contributed by atoms with van der Waals surface area (Å²) < 4.78 is 19.3. The quantitative estimate of drug-likeness (QED) is 0.546. The second-order valence-electron chi connectivity index (χ2n) is 9.63. The summed E-state index contributed by atoms with van der Waals surface area (Å²) in [6, 6.07) is 15.0. The monoisotopic (exact) mass is 494 g/mol. The number of carbonyl (C=O) groups is 3. The molecule has 3 amide bonds. The molecule has 3 heterocycles. The Balaban J connectivity index is 1.28. The maximum Gasteiger partial charge on any atom is 0.255 e. The van der Waals surface area contributed by atoms with E-state index >= 15 is 0 Å². The first-order valence-electron chi connectivity index (χ1n) is 12.5. The maximum atomic E-state index is 13.0. The van der Waals surface area contributed by atoms with Gasteiger partial charge in [0.25, 0.3) is 5.91 Å². The summed E-state index contributed by atoms with van der Waals surface area (Å²) in [7, 11) is 0. The summed E-state index contributed by atoms with van der Waals surface area (Å²) in [5.74, 6) is -0.294. The SMILES string of the molecule is O=C1CCC(N2Cc3cc(OC4CN(Cc5ccccc5)CCC4NCCF)ccc3C2=O)C(=O)N1. The lowest BCUT2D eigenvalue weighted by Crippen LogP contribution is -2.55. The predicted octanol–water partition coefficient (Wildman–Crippen LogP) is 2.03. The van der Waals surface area contributed by atoms with Gasteiger partial charge in [-0.05, 0) is 42.2 Å². The Morgan fingerprint density at radius 2 is 1.92 bits per heavy atom. The van der Waals surface area contributed by atoms with E-state index in [9.17, 15) is 18.8 Å². The van der Waals surface area contributed by atoms with Crippen LogP contribution in [0.25, 0.3) is 0 Å². The lowest BCUT2D eigenvalue weighted by Gasteiger charge is -2.39. The number of likely N-dealkylation sites (tertiary alicyclic amines) is 1. The van der Waals surface area contributed by atoms with Crippen LogP contribution in [0.4, 0.5) is 4.39 Å². The van der Waals surface area contributed by atoms with E-state index in [0.717, 1.165) is 25.1 Å². The first-order valence-corrected chi connectivity index (χ1v) is 12.5. The van der Waals surface area contributed by atoms with Crippen molar-refractivity contribution in [1.82, 2.24) is 20.4 Å². The van der Waals surface area contributed by atoms with Gasteiger partial charge in [0.1, 0.15) is 24.6 Å². The molecule has 2 aromatic carbocycles. The second kappa shape index (κ2) is 10.8. The number of amides is 3. The molecule has 9 heteroatoms. The highest BCUT2D eigenvalue weighted by Gasteiger charge is 2.39. The molecule has 0 bridgehead atoms. The summed E-state index contributed by atoms with van der Waals surface area (Å²) in [6.45, 7) is 2.54. The molecule has 3 atom stereocenters. The summed E-state index contributed by atoms with van der Waals surface area (Å²) >= 11 is 0. The molecule has 0 aromatic heterocycles. The largest absolute Gasteiger partial charge is 0.487 e. The van der Waals surface area contributed by atoms with Crippen LogP contribution in [0.1, 0.15) is 40.7 Å². The summed E-state index contributed by atoms with van der Waals surface area (Å²) in [5.41, 5.74) is 2.58. The fraction of sp³-hybridized carbons (Fsp3) is 0.444. The lowest BCUT2D eigenvalue weighted by atomic mass is 10.0. The van der Waals surface area contributed by atoms with E-state index in [1.54, 1.807) is 12.1 Å². The Kier molecular flexibility index (Phi) is 7.29. The molecule has 0 radical (unpaired) electrons. The first-order chi connectivity index (χ1) is 17.5. The van der Waals surface area contributed by atoms with E-state index in [1.807, 2.05) is 24.3 Å². The van der Waals surface area contributed by atoms with Gasteiger partial charge in [-0.15, -0.1) is 0 Å². The summed E-state index contributed by atoms with van der Waals surface area (Å²) in [6.07, 6.45) is 1.20. The smallest absolute Gasteiger partial charge is 0.255 e. The molecule has 8 nitrogen and oxygen atoms in total. The van der Waals surface area contributed by atoms with Crippen LogP contribution in [0.15, 0.2) is 48.5 Å². The zero-order chi connectivity index (χ0) is 25.1. The molecule has 2 fully saturated rings. The lowest BCUT2D eigenvalue weighted by molar-refractivity contribution is -0.136. The van der Waals surface area contributed by atoms with Crippen molar-refractivity contribution in [2.24, 2.45) is 0 Å². The number of nitrogens with one attached hydrogen (secondary N) is 2. The fourth-order valence-corrected chi connectivity index (χ4v) is 5.36. The number of ether oxygens (including phenoxy) is 1. The number of hydrogen-bond donors (Lipinski definition) is 2. The van der Waals surface area contributed by atoms with Gasteiger partial charge in [-0.3, -0.25) is 24.6 Å². The van der Waals surface area contributed by atoms with Crippen molar-refractivity contribution in [2.45, 2.75) is 50.5 Å². The van der Waals surface area contributed by atoms with Crippen LogP contribution in [0.2, 0.25) is 0 Å². The Hall–Kier alpha value is -3.30. The number of alkyl halides is 1. The highest BCUT2D eigenvalue weighted by atomic mass is 19.1. The number of fused-ring (bicyclic) bond motifs is 1. The van der Waals surface area contributed by atoms with Crippen molar-refractivity contribution < 1.29 is 23.5 Å². The number of carbonyl (C=O) groups excluding carboxylic acids is 3. The van der Waals surface area contributed by atoms with E-state index in [-0.39, 0.29) is 36.9 Å². The Morgan fingerprint density at radius 1 is 1.08 bits per heavy atom. The van der Waals surface area contributed by atoms with Crippen LogP contribution >= 0.6 is 0 Å². The molecule has 0 saturated carbocycles. The van der Waals surface area contributed by atoms with Crippen molar-refractivity contribution in [3.8, 4) is 5.75 Å². The first kappa shape index (κ1) is 24.4. The van der Waals surface area contributed by atoms with Crippen molar-refractivity contribution in [3.63, 3.8) is 0 Å². The van der Waals surface area contributed by atoms with Gasteiger partial charge in [0.15, 0.2) is 0 Å². The van der Waals surface area contributed by atoms with Crippen LogP contribution in [-0.4, -0.2) is 72.0 Å². The van der Waals surface area contributed by atoms with Crippen molar-refractivity contribution >= 4 is 17.7 Å². The van der Waals surface area contributed by atoms with Crippen molar-refractivity contribution in [2.75, 3.05) is 26.3 Å². The normalized spacial score (nSPS) is 24.5. The average Bonchev–Trinajstić information content (AvgIpc) is 3.19. The Labute approximate surface area is 209 Å². The number of piperidine rings is 2. The molecule has 190 valence electrons. The molecular formula is C27H31FN4O4. The minimum atomic E-state index is -0.647. The fourth-order valence-electron chi connectivity index (χ4n) is 5.36. The minimum absolute atomic E-state index is 0.0163. The predicted molar refractivity (Wildman–Crippen MR) is 131 cm³/mol. The van der Waals surface area contributed by atoms with Crippen LogP contribution < -0.4 is 15.4 Å². The third-order valence-electron chi connectivity index (χ3n) is 7.18. The zero-order valence-electron chi connectivity index (χ0n) is 20.1. The number of rotatable bonds is 8. The molecule has 0 aliphatic carbocycles. The number of benzene rings is 2. The standard InChI is InChI=1S/C27H31FN4O4/c28-11-12-29-22-10-13-31(15-18-4-2-1-3-5-18)17-24(22)36-20-6-7-21-19(14-20)16-32(27(21)35)23-8-9-25(33)30-26(23)34/h1-7,14,22-24,29H,8-13,15-17H2,(H,30,33,34). The van der Waals surface area contributed by atoms with Crippen molar-refractivity contribution in [3.05, 3.63) is 65.2 Å².